The smallest absolute Gasteiger partial charge is 0.129 e. The molecule has 0 spiro atoms. The summed E-state index contributed by atoms with van der Waals surface area (Å²) in [6.45, 7) is 2.65. The Balaban J connectivity index is 2.52. The zero-order valence-corrected chi connectivity index (χ0v) is 13.8. The van der Waals surface area contributed by atoms with E-state index < -0.39 is 11.9 Å². The summed E-state index contributed by atoms with van der Waals surface area (Å²) in [5.41, 5.74) is 0.769. The largest absolute Gasteiger partial charge is 0.306 e. The third-order valence-corrected chi connectivity index (χ3v) is 4.09. The Morgan fingerprint density at radius 1 is 1.19 bits per heavy atom. The zero-order valence-electron chi connectivity index (χ0n) is 11.5. The van der Waals surface area contributed by atoms with Crippen molar-refractivity contribution < 1.29 is 8.78 Å². The summed E-state index contributed by atoms with van der Waals surface area (Å²) in [6, 6.07) is 8.59. The van der Waals surface area contributed by atoms with E-state index in [0.717, 1.165) is 6.42 Å². The molecule has 0 saturated heterocycles. The normalized spacial score (nSPS) is 12.4. The Labute approximate surface area is 136 Å². The van der Waals surface area contributed by atoms with Gasteiger partial charge in [-0.1, -0.05) is 46.6 Å². The Morgan fingerprint density at radius 2 is 1.95 bits per heavy atom. The van der Waals surface area contributed by atoms with Crippen molar-refractivity contribution in [1.29, 1.82) is 0 Å². The molecule has 0 aliphatic heterocycles. The highest BCUT2D eigenvalue weighted by Crippen LogP contribution is 2.33. The van der Waals surface area contributed by atoms with Crippen molar-refractivity contribution >= 4 is 27.5 Å². The lowest BCUT2D eigenvalue weighted by Crippen LogP contribution is -2.25. The molecular weight excluding hydrogens is 360 g/mol. The first kappa shape index (κ1) is 16.4. The van der Waals surface area contributed by atoms with Gasteiger partial charge in [0.25, 0.3) is 0 Å². The maximum atomic E-state index is 14.2. The molecule has 1 atom stereocenters. The molecular formula is C16H15BrClF2N. The second-order valence-electron chi connectivity index (χ2n) is 4.69. The van der Waals surface area contributed by atoms with Crippen LogP contribution in [0.1, 0.15) is 30.5 Å². The molecule has 0 aliphatic rings. The number of rotatable bonds is 5. The van der Waals surface area contributed by atoms with Crippen LogP contribution in [0.25, 0.3) is 0 Å². The second-order valence-corrected chi connectivity index (χ2v) is 5.98. The summed E-state index contributed by atoms with van der Waals surface area (Å²) in [4.78, 5) is 0. The van der Waals surface area contributed by atoms with Crippen LogP contribution in [0.3, 0.4) is 0 Å². The van der Waals surface area contributed by atoms with Crippen LogP contribution in [-0.4, -0.2) is 6.54 Å². The molecule has 112 valence electrons. The number of benzene rings is 2. The highest BCUT2D eigenvalue weighted by Gasteiger charge is 2.23. The second kappa shape index (κ2) is 7.34. The van der Waals surface area contributed by atoms with E-state index in [0.29, 0.717) is 27.2 Å². The monoisotopic (exact) mass is 373 g/mol. The Bertz CT molecular complexity index is 613. The molecule has 0 aliphatic carbocycles. The number of nitrogens with one attached hydrogen (secondary N) is 1. The summed E-state index contributed by atoms with van der Waals surface area (Å²) >= 11 is 9.14. The SMILES string of the molecule is CCCNC(c1ccc(Cl)cc1F)c1c(F)cccc1Br. The summed E-state index contributed by atoms with van der Waals surface area (Å²) < 4.78 is 29.0. The van der Waals surface area contributed by atoms with Gasteiger partial charge in [0.15, 0.2) is 0 Å². The molecule has 0 radical (unpaired) electrons. The van der Waals surface area contributed by atoms with Crippen LogP contribution in [0.2, 0.25) is 5.02 Å². The lowest BCUT2D eigenvalue weighted by atomic mass is 9.97. The highest BCUT2D eigenvalue weighted by atomic mass is 79.9. The molecule has 0 aromatic heterocycles. The van der Waals surface area contributed by atoms with Crippen LogP contribution in [0.4, 0.5) is 8.78 Å². The van der Waals surface area contributed by atoms with Crippen molar-refractivity contribution in [3.8, 4) is 0 Å². The van der Waals surface area contributed by atoms with E-state index in [2.05, 4.69) is 21.2 Å². The van der Waals surface area contributed by atoms with Crippen molar-refractivity contribution in [1.82, 2.24) is 5.32 Å². The van der Waals surface area contributed by atoms with Gasteiger partial charge >= 0.3 is 0 Å². The van der Waals surface area contributed by atoms with Gasteiger partial charge in [-0.3, -0.25) is 0 Å². The predicted octanol–water partition coefficient (Wildman–Crippen LogP) is 5.47. The Hall–Kier alpha value is -0.970. The van der Waals surface area contributed by atoms with Gasteiger partial charge in [0.05, 0.1) is 6.04 Å². The molecule has 2 rings (SSSR count). The minimum absolute atomic E-state index is 0.318. The molecule has 0 heterocycles. The van der Waals surface area contributed by atoms with Crippen LogP contribution in [-0.2, 0) is 0 Å². The molecule has 5 heteroatoms. The quantitative estimate of drug-likeness (QED) is 0.732. The molecule has 2 aromatic rings. The minimum Gasteiger partial charge on any atom is -0.306 e. The van der Waals surface area contributed by atoms with Crippen LogP contribution >= 0.6 is 27.5 Å². The van der Waals surface area contributed by atoms with Crippen molar-refractivity contribution in [3.05, 3.63) is 68.7 Å². The molecule has 2 aromatic carbocycles. The summed E-state index contributed by atoms with van der Waals surface area (Å²) in [5, 5.41) is 3.51. The Kier molecular flexibility index (Phi) is 5.73. The third kappa shape index (κ3) is 3.82. The number of hydrogen-bond acceptors (Lipinski definition) is 1. The molecule has 0 saturated carbocycles. The minimum atomic E-state index is -0.571. The van der Waals surface area contributed by atoms with E-state index in [1.807, 2.05) is 6.92 Å². The predicted molar refractivity (Wildman–Crippen MR) is 85.6 cm³/mol. The van der Waals surface area contributed by atoms with Crippen molar-refractivity contribution in [3.63, 3.8) is 0 Å². The first-order chi connectivity index (χ1) is 10.0. The summed E-state index contributed by atoms with van der Waals surface area (Å²) in [5.74, 6) is -0.835. The lowest BCUT2D eigenvalue weighted by Gasteiger charge is -2.22. The van der Waals surface area contributed by atoms with Gasteiger partial charge in [-0.15, -0.1) is 0 Å². The zero-order chi connectivity index (χ0) is 15.4. The maximum Gasteiger partial charge on any atom is 0.129 e. The van der Waals surface area contributed by atoms with Crippen LogP contribution in [0.5, 0.6) is 0 Å². The molecule has 0 fully saturated rings. The van der Waals surface area contributed by atoms with Gasteiger partial charge in [-0.2, -0.15) is 0 Å². The molecule has 1 unspecified atom stereocenters. The fourth-order valence-corrected chi connectivity index (χ4v) is 2.91. The fourth-order valence-electron chi connectivity index (χ4n) is 2.18. The first-order valence-electron chi connectivity index (χ1n) is 6.66. The van der Waals surface area contributed by atoms with Crippen molar-refractivity contribution in [2.75, 3.05) is 6.54 Å². The topological polar surface area (TPSA) is 12.0 Å². The lowest BCUT2D eigenvalue weighted by molar-refractivity contribution is 0.519. The van der Waals surface area contributed by atoms with Crippen LogP contribution < -0.4 is 5.32 Å². The van der Waals surface area contributed by atoms with E-state index in [4.69, 9.17) is 11.6 Å². The van der Waals surface area contributed by atoms with E-state index >= 15 is 0 Å². The maximum absolute atomic E-state index is 14.2. The van der Waals surface area contributed by atoms with Gasteiger partial charge < -0.3 is 5.32 Å². The standard InChI is InChI=1S/C16H15BrClF2N/c1-2-8-21-16(11-7-6-10(18)9-14(11)20)15-12(17)4-3-5-13(15)19/h3-7,9,16,21H,2,8H2,1H3. The molecule has 21 heavy (non-hydrogen) atoms. The van der Waals surface area contributed by atoms with Crippen LogP contribution in [0, 0.1) is 11.6 Å². The van der Waals surface area contributed by atoms with E-state index in [9.17, 15) is 8.78 Å². The number of hydrogen-bond donors (Lipinski definition) is 1. The highest BCUT2D eigenvalue weighted by molar-refractivity contribution is 9.10. The average molecular weight is 375 g/mol. The fraction of sp³-hybridized carbons (Fsp3) is 0.250. The van der Waals surface area contributed by atoms with E-state index in [1.165, 1.54) is 12.1 Å². The Morgan fingerprint density at radius 3 is 2.57 bits per heavy atom. The van der Waals surface area contributed by atoms with E-state index in [1.54, 1.807) is 24.3 Å². The van der Waals surface area contributed by atoms with Gasteiger partial charge in [0, 0.05) is 20.6 Å². The van der Waals surface area contributed by atoms with E-state index in [-0.39, 0.29) is 5.82 Å². The van der Waals surface area contributed by atoms with Gasteiger partial charge in [-0.05, 0) is 37.2 Å². The molecule has 0 amide bonds. The number of halogens is 4. The first-order valence-corrected chi connectivity index (χ1v) is 7.84. The molecule has 1 N–H and O–H groups in total. The summed E-state index contributed by atoms with van der Waals surface area (Å²) in [6.07, 6.45) is 0.859. The van der Waals surface area contributed by atoms with Gasteiger partial charge in [-0.25, -0.2) is 8.78 Å². The summed E-state index contributed by atoms with van der Waals surface area (Å²) in [7, 11) is 0. The van der Waals surface area contributed by atoms with Gasteiger partial charge in [0.1, 0.15) is 11.6 Å². The van der Waals surface area contributed by atoms with Crippen LogP contribution in [0.15, 0.2) is 40.9 Å². The van der Waals surface area contributed by atoms with Crippen molar-refractivity contribution in [2.24, 2.45) is 0 Å². The third-order valence-electron chi connectivity index (χ3n) is 3.16. The average Bonchev–Trinajstić information content (AvgIpc) is 2.43. The molecule has 1 nitrogen and oxygen atoms in total. The van der Waals surface area contributed by atoms with Crippen molar-refractivity contribution in [2.45, 2.75) is 19.4 Å². The van der Waals surface area contributed by atoms with Gasteiger partial charge in [0.2, 0.25) is 0 Å². The molecule has 0 bridgehead atoms.